The molecule has 212 valence electrons. The van der Waals surface area contributed by atoms with Gasteiger partial charge in [-0.1, -0.05) is 41.9 Å². The van der Waals surface area contributed by atoms with E-state index in [1.165, 1.54) is 25.3 Å². The van der Waals surface area contributed by atoms with Crippen LogP contribution in [0.25, 0.3) is 0 Å². The average molecular weight is 604 g/mol. The van der Waals surface area contributed by atoms with Gasteiger partial charge in [-0.25, -0.2) is 9.37 Å². The Hall–Kier alpha value is -3.38. The normalized spacial score (nSPS) is 13.8. The molecular formula is C27H21ClF7N3OS. The lowest BCUT2D eigenvalue weighted by Crippen LogP contribution is -2.40. The molecule has 0 aliphatic rings. The second kappa shape index (κ2) is 11.2. The van der Waals surface area contributed by atoms with Gasteiger partial charge in [0, 0.05) is 30.5 Å². The van der Waals surface area contributed by atoms with Crippen LogP contribution in [0.5, 0.6) is 5.75 Å². The van der Waals surface area contributed by atoms with Crippen molar-refractivity contribution in [2.75, 3.05) is 5.32 Å². The van der Waals surface area contributed by atoms with Crippen LogP contribution in [-0.2, 0) is 17.9 Å². The van der Waals surface area contributed by atoms with Crippen molar-refractivity contribution in [2.45, 2.75) is 44.3 Å². The molecule has 13 heteroatoms. The van der Waals surface area contributed by atoms with Crippen molar-refractivity contribution in [2.24, 2.45) is 0 Å². The van der Waals surface area contributed by atoms with Crippen molar-refractivity contribution in [3.05, 3.63) is 105 Å². The number of halogens is 8. The van der Waals surface area contributed by atoms with E-state index in [1.54, 1.807) is 30.3 Å². The van der Waals surface area contributed by atoms with Gasteiger partial charge in [-0.15, -0.1) is 11.3 Å². The maximum absolute atomic E-state index is 14.9. The SMILES string of the molecule is Cc1sc(N[C@](Cc2ccccc2)(c2cc(F)cc(OC(F)(F)C(F)F)c2)c2ccc(Cl)cn2)nc1C(C)(F)F. The van der Waals surface area contributed by atoms with E-state index in [9.17, 15) is 30.7 Å². The summed E-state index contributed by atoms with van der Waals surface area (Å²) in [6, 6.07) is 14.1. The number of alkyl halides is 6. The van der Waals surface area contributed by atoms with Crippen LogP contribution in [0.1, 0.15) is 34.3 Å². The number of aromatic nitrogens is 2. The summed E-state index contributed by atoms with van der Waals surface area (Å²) in [6.45, 7) is 2.14. The van der Waals surface area contributed by atoms with E-state index in [-0.39, 0.29) is 32.7 Å². The summed E-state index contributed by atoms with van der Waals surface area (Å²) in [5.41, 5.74) is -1.40. The molecule has 4 rings (SSSR count). The van der Waals surface area contributed by atoms with Crippen LogP contribution >= 0.6 is 22.9 Å². The Kier molecular flexibility index (Phi) is 8.32. The number of hydrogen-bond donors (Lipinski definition) is 1. The number of anilines is 1. The van der Waals surface area contributed by atoms with Gasteiger partial charge < -0.3 is 10.1 Å². The van der Waals surface area contributed by atoms with Crippen molar-refractivity contribution >= 4 is 28.1 Å². The molecule has 0 saturated heterocycles. The fourth-order valence-electron chi connectivity index (χ4n) is 4.16. The first kappa shape index (κ1) is 29.6. The lowest BCUT2D eigenvalue weighted by atomic mass is 9.80. The van der Waals surface area contributed by atoms with Crippen molar-refractivity contribution in [1.82, 2.24) is 9.97 Å². The predicted octanol–water partition coefficient (Wildman–Crippen LogP) is 8.59. The fourth-order valence-corrected chi connectivity index (χ4v) is 5.25. The highest BCUT2D eigenvalue weighted by Crippen LogP contribution is 2.42. The third-order valence-corrected chi connectivity index (χ3v) is 6.99. The molecule has 1 atom stereocenters. The van der Waals surface area contributed by atoms with Crippen LogP contribution in [-0.4, -0.2) is 22.5 Å². The van der Waals surface area contributed by atoms with Crippen LogP contribution < -0.4 is 10.1 Å². The summed E-state index contributed by atoms with van der Waals surface area (Å²) in [4.78, 5) is 8.63. The highest BCUT2D eigenvalue weighted by atomic mass is 35.5. The van der Waals surface area contributed by atoms with Gasteiger partial charge >= 0.3 is 12.5 Å². The Labute approximate surface area is 233 Å². The highest BCUT2D eigenvalue weighted by Gasteiger charge is 2.45. The van der Waals surface area contributed by atoms with Crippen molar-refractivity contribution in [3.63, 3.8) is 0 Å². The zero-order chi connectivity index (χ0) is 29.3. The Balaban J connectivity index is 1.97. The van der Waals surface area contributed by atoms with E-state index < -0.39 is 41.3 Å². The zero-order valence-corrected chi connectivity index (χ0v) is 22.4. The third-order valence-electron chi connectivity index (χ3n) is 5.88. The molecule has 2 aromatic carbocycles. The zero-order valence-electron chi connectivity index (χ0n) is 20.9. The van der Waals surface area contributed by atoms with E-state index in [0.717, 1.165) is 23.5 Å². The summed E-state index contributed by atoms with van der Waals surface area (Å²) in [7, 11) is 0. The quantitative estimate of drug-likeness (QED) is 0.184. The molecule has 0 bridgehead atoms. The van der Waals surface area contributed by atoms with Crippen LogP contribution in [0, 0.1) is 12.7 Å². The summed E-state index contributed by atoms with van der Waals surface area (Å²) < 4.78 is 101. The molecule has 0 radical (unpaired) electrons. The largest absolute Gasteiger partial charge is 0.461 e. The number of thiazole rings is 1. The molecule has 4 aromatic rings. The molecule has 0 fully saturated rings. The van der Waals surface area contributed by atoms with Gasteiger partial charge in [-0.3, -0.25) is 4.98 Å². The first-order valence-electron chi connectivity index (χ1n) is 11.7. The van der Waals surface area contributed by atoms with Gasteiger partial charge in [0.15, 0.2) is 5.13 Å². The fraction of sp³-hybridized carbons (Fsp3) is 0.259. The van der Waals surface area contributed by atoms with Crippen LogP contribution in [0.15, 0.2) is 66.9 Å². The topological polar surface area (TPSA) is 47.0 Å². The van der Waals surface area contributed by atoms with Gasteiger partial charge in [0.2, 0.25) is 0 Å². The smallest absolute Gasteiger partial charge is 0.428 e. The lowest BCUT2D eigenvalue weighted by molar-refractivity contribution is -0.253. The van der Waals surface area contributed by atoms with Gasteiger partial charge in [0.25, 0.3) is 5.92 Å². The number of hydrogen-bond acceptors (Lipinski definition) is 5. The van der Waals surface area contributed by atoms with Gasteiger partial charge in [0.05, 0.1) is 10.7 Å². The number of aryl methyl sites for hydroxylation is 1. The molecule has 40 heavy (non-hydrogen) atoms. The number of nitrogens with one attached hydrogen (secondary N) is 1. The molecule has 0 aliphatic heterocycles. The standard InChI is InChI=1S/C27H21ClF7N3OS/c1-15-22(25(2,32)33)37-24(40-15)38-26(13-16-6-4-3-5-7-16,21-9-8-18(28)14-36-21)17-10-19(29)12-20(11-17)39-27(34,35)23(30)31/h3-12,14,23H,13H2,1-2H3,(H,37,38)/t26-/m1/s1. The number of ether oxygens (including phenoxy) is 1. The summed E-state index contributed by atoms with van der Waals surface area (Å²) in [5, 5.41) is 3.31. The number of rotatable bonds is 10. The molecule has 0 unspecified atom stereocenters. The Bertz CT molecular complexity index is 1460. The lowest BCUT2D eigenvalue weighted by Gasteiger charge is -2.35. The first-order chi connectivity index (χ1) is 18.7. The molecular weight excluding hydrogens is 583 g/mol. The van der Waals surface area contributed by atoms with E-state index in [4.69, 9.17) is 11.6 Å². The van der Waals surface area contributed by atoms with Crippen molar-refractivity contribution < 1.29 is 35.5 Å². The van der Waals surface area contributed by atoms with E-state index in [2.05, 4.69) is 20.0 Å². The predicted molar refractivity (Wildman–Crippen MR) is 138 cm³/mol. The van der Waals surface area contributed by atoms with Crippen LogP contribution in [0.3, 0.4) is 0 Å². The molecule has 0 amide bonds. The first-order valence-corrected chi connectivity index (χ1v) is 12.8. The minimum absolute atomic E-state index is 0.00801. The second-order valence-electron chi connectivity index (χ2n) is 9.01. The van der Waals surface area contributed by atoms with Crippen molar-refractivity contribution in [3.8, 4) is 5.75 Å². The number of nitrogens with zero attached hydrogens (tertiary/aromatic N) is 2. The average Bonchev–Trinajstić information content (AvgIpc) is 3.24. The van der Waals surface area contributed by atoms with Gasteiger partial charge in [-0.05, 0) is 42.3 Å². The molecule has 0 saturated carbocycles. The van der Waals surface area contributed by atoms with Crippen LogP contribution in [0.4, 0.5) is 35.9 Å². The Morgan fingerprint density at radius 3 is 2.30 bits per heavy atom. The van der Waals surface area contributed by atoms with Crippen LogP contribution in [0.2, 0.25) is 5.02 Å². The van der Waals surface area contributed by atoms with Gasteiger partial charge in [-0.2, -0.15) is 26.3 Å². The molecule has 4 nitrogen and oxygen atoms in total. The summed E-state index contributed by atoms with van der Waals surface area (Å²) in [5.74, 6) is -5.24. The van der Waals surface area contributed by atoms with Gasteiger partial charge in [0.1, 0.15) is 22.8 Å². The third kappa shape index (κ3) is 6.49. The Morgan fingerprint density at radius 1 is 1.02 bits per heavy atom. The summed E-state index contributed by atoms with van der Waals surface area (Å²) >= 11 is 6.94. The van der Waals surface area contributed by atoms with Crippen molar-refractivity contribution in [1.29, 1.82) is 0 Å². The molecule has 1 N–H and O–H groups in total. The molecule has 0 spiro atoms. The molecule has 2 aromatic heterocycles. The number of benzene rings is 2. The number of pyridine rings is 1. The Morgan fingerprint density at radius 2 is 1.73 bits per heavy atom. The maximum atomic E-state index is 14.9. The highest BCUT2D eigenvalue weighted by molar-refractivity contribution is 7.15. The van der Waals surface area contributed by atoms with E-state index in [0.29, 0.717) is 18.6 Å². The minimum atomic E-state index is -4.91. The molecule has 2 heterocycles. The van der Waals surface area contributed by atoms with E-state index >= 15 is 0 Å². The minimum Gasteiger partial charge on any atom is -0.428 e. The maximum Gasteiger partial charge on any atom is 0.461 e. The summed E-state index contributed by atoms with van der Waals surface area (Å²) in [6.07, 6.45) is -7.84. The van der Waals surface area contributed by atoms with E-state index in [1.807, 2.05) is 0 Å². The molecule has 0 aliphatic carbocycles. The monoisotopic (exact) mass is 603 g/mol. The second-order valence-corrected chi connectivity index (χ2v) is 10.6.